The van der Waals surface area contributed by atoms with Gasteiger partial charge in [0.15, 0.2) is 6.04 Å². The highest BCUT2D eigenvalue weighted by Gasteiger charge is 2.29. The molecule has 0 radical (unpaired) electrons. The summed E-state index contributed by atoms with van der Waals surface area (Å²) in [4.78, 5) is 25.3. The normalized spacial score (nSPS) is 23.4. The van der Waals surface area contributed by atoms with E-state index >= 15 is 0 Å². The van der Waals surface area contributed by atoms with Crippen molar-refractivity contribution in [1.82, 2.24) is 10.2 Å². The molecule has 2 amide bonds. The third-order valence-electron chi connectivity index (χ3n) is 3.35. The van der Waals surface area contributed by atoms with E-state index in [-0.39, 0.29) is 18.2 Å². The van der Waals surface area contributed by atoms with Crippen molar-refractivity contribution in [3.8, 4) is 0 Å². The molecule has 6 nitrogen and oxygen atoms in total. The van der Waals surface area contributed by atoms with Gasteiger partial charge in [-0.2, -0.15) is 0 Å². The Kier molecular flexibility index (Phi) is 4.80. The summed E-state index contributed by atoms with van der Waals surface area (Å²) in [5.74, 6) is -1.08. The van der Waals surface area contributed by atoms with Crippen LogP contribution >= 0.6 is 0 Å². The lowest BCUT2D eigenvalue weighted by atomic mass is 10.1. The Labute approximate surface area is 123 Å². The van der Waals surface area contributed by atoms with Crippen molar-refractivity contribution >= 4 is 12.0 Å². The molecule has 0 bridgehead atoms. The first-order chi connectivity index (χ1) is 9.97. The maximum absolute atomic E-state index is 12.3. The van der Waals surface area contributed by atoms with E-state index in [9.17, 15) is 14.7 Å². The van der Waals surface area contributed by atoms with Crippen LogP contribution in [0, 0.1) is 0 Å². The van der Waals surface area contributed by atoms with Crippen molar-refractivity contribution in [2.75, 3.05) is 13.1 Å². The van der Waals surface area contributed by atoms with Crippen molar-refractivity contribution in [3.63, 3.8) is 0 Å². The number of nitrogens with zero attached hydrogens (tertiary/aromatic N) is 1. The van der Waals surface area contributed by atoms with Gasteiger partial charge in [-0.3, -0.25) is 0 Å². The number of hydrogen-bond acceptors (Lipinski definition) is 3. The zero-order valence-electron chi connectivity index (χ0n) is 12.2. The van der Waals surface area contributed by atoms with Crippen molar-refractivity contribution < 1.29 is 19.4 Å². The molecule has 114 valence electrons. The number of carboxylic acid groups (broad SMARTS) is 1. The van der Waals surface area contributed by atoms with Gasteiger partial charge in [-0.15, -0.1) is 0 Å². The standard InChI is InChI=1S/C15H20N2O4/c1-10-8-17(9-11(2)21-10)15(20)16-13(14(18)19)12-6-4-3-5-7-12/h3-7,10-11,13H,8-9H2,1-2H3,(H,16,20)(H,18,19)/t10-,11+,13-/m1/s1. The molecule has 0 aromatic heterocycles. The van der Waals surface area contributed by atoms with Crippen molar-refractivity contribution in [3.05, 3.63) is 35.9 Å². The van der Waals surface area contributed by atoms with Crippen LogP contribution < -0.4 is 5.32 Å². The summed E-state index contributed by atoms with van der Waals surface area (Å²) in [5, 5.41) is 11.9. The third kappa shape index (κ3) is 3.95. The average molecular weight is 292 g/mol. The zero-order valence-corrected chi connectivity index (χ0v) is 12.2. The SMILES string of the molecule is C[C@@H]1CN(C(=O)N[C@@H](C(=O)O)c2ccccc2)C[C@H](C)O1. The molecule has 1 heterocycles. The van der Waals surface area contributed by atoms with Crippen molar-refractivity contribution in [2.45, 2.75) is 32.1 Å². The number of carbonyl (C=O) groups is 2. The minimum absolute atomic E-state index is 0.0560. The fourth-order valence-electron chi connectivity index (χ4n) is 2.49. The van der Waals surface area contributed by atoms with Crippen LogP contribution in [0.5, 0.6) is 0 Å². The molecule has 1 aromatic rings. The molecule has 0 spiro atoms. The zero-order chi connectivity index (χ0) is 15.4. The van der Waals surface area contributed by atoms with Gasteiger partial charge < -0.3 is 20.1 Å². The number of ether oxygens (including phenoxy) is 1. The van der Waals surface area contributed by atoms with Gasteiger partial charge in [0, 0.05) is 13.1 Å². The largest absolute Gasteiger partial charge is 0.479 e. The quantitative estimate of drug-likeness (QED) is 0.887. The lowest BCUT2D eigenvalue weighted by Gasteiger charge is -2.35. The molecule has 21 heavy (non-hydrogen) atoms. The number of amides is 2. The van der Waals surface area contributed by atoms with Gasteiger partial charge in [0.05, 0.1) is 12.2 Å². The van der Waals surface area contributed by atoms with Crippen molar-refractivity contribution in [1.29, 1.82) is 0 Å². The van der Waals surface area contributed by atoms with Gasteiger partial charge >= 0.3 is 12.0 Å². The number of rotatable bonds is 3. The van der Waals surface area contributed by atoms with Crippen LogP contribution in [0.4, 0.5) is 4.79 Å². The lowest BCUT2D eigenvalue weighted by molar-refractivity contribution is -0.139. The number of urea groups is 1. The van der Waals surface area contributed by atoms with E-state index in [1.807, 2.05) is 13.8 Å². The predicted molar refractivity (Wildman–Crippen MR) is 76.9 cm³/mol. The predicted octanol–water partition coefficient (Wildman–Crippen LogP) is 1.63. The van der Waals surface area contributed by atoms with Crippen LogP contribution in [0.3, 0.4) is 0 Å². The summed E-state index contributed by atoms with van der Waals surface area (Å²) in [6, 6.07) is 7.23. The molecule has 0 aliphatic carbocycles. The lowest BCUT2D eigenvalue weighted by Crippen LogP contribution is -2.52. The Morgan fingerprint density at radius 1 is 1.24 bits per heavy atom. The number of carboxylic acids is 1. The number of hydrogen-bond donors (Lipinski definition) is 2. The third-order valence-corrected chi connectivity index (χ3v) is 3.35. The molecule has 1 aliphatic heterocycles. The monoisotopic (exact) mass is 292 g/mol. The molecule has 1 aliphatic rings. The molecule has 1 fully saturated rings. The fraction of sp³-hybridized carbons (Fsp3) is 0.467. The molecule has 1 aromatic carbocycles. The smallest absolute Gasteiger partial charge is 0.330 e. The first-order valence-electron chi connectivity index (χ1n) is 6.96. The van der Waals surface area contributed by atoms with Gasteiger partial charge in [0.25, 0.3) is 0 Å². The van der Waals surface area contributed by atoms with Crippen LogP contribution in [-0.4, -0.2) is 47.3 Å². The summed E-state index contributed by atoms with van der Waals surface area (Å²) in [7, 11) is 0. The van der Waals surface area contributed by atoms with E-state index in [0.717, 1.165) is 0 Å². The highest BCUT2D eigenvalue weighted by molar-refractivity contribution is 5.83. The van der Waals surface area contributed by atoms with Crippen LogP contribution in [0.1, 0.15) is 25.5 Å². The maximum atomic E-state index is 12.3. The molecule has 6 heteroatoms. The van der Waals surface area contributed by atoms with Gasteiger partial charge in [-0.25, -0.2) is 9.59 Å². The molecule has 0 unspecified atom stereocenters. The number of nitrogens with one attached hydrogen (secondary N) is 1. The second-order valence-corrected chi connectivity index (χ2v) is 5.29. The van der Waals surface area contributed by atoms with E-state index in [0.29, 0.717) is 18.7 Å². The Morgan fingerprint density at radius 2 is 1.81 bits per heavy atom. The summed E-state index contributed by atoms with van der Waals surface area (Å²) in [5.41, 5.74) is 0.549. The van der Waals surface area contributed by atoms with E-state index in [1.54, 1.807) is 35.2 Å². The number of morpholine rings is 1. The molecule has 3 atom stereocenters. The Balaban J connectivity index is 2.07. The van der Waals surface area contributed by atoms with Crippen LogP contribution in [-0.2, 0) is 9.53 Å². The Bertz CT molecular complexity index is 496. The Hall–Kier alpha value is -2.08. The van der Waals surface area contributed by atoms with E-state index < -0.39 is 12.0 Å². The summed E-state index contributed by atoms with van der Waals surface area (Å²) in [6.07, 6.45) is -0.112. The van der Waals surface area contributed by atoms with Crippen molar-refractivity contribution in [2.24, 2.45) is 0 Å². The number of benzene rings is 1. The minimum atomic E-state index is -1.08. The second-order valence-electron chi connectivity index (χ2n) is 5.29. The Morgan fingerprint density at radius 3 is 2.33 bits per heavy atom. The topological polar surface area (TPSA) is 78.9 Å². The van der Waals surface area contributed by atoms with E-state index in [4.69, 9.17) is 4.74 Å². The molecular weight excluding hydrogens is 272 g/mol. The molecule has 1 saturated heterocycles. The van der Waals surface area contributed by atoms with E-state index in [2.05, 4.69) is 5.32 Å². The maximum Gasteiger partial charge on any atom is 0.330 e. The first-order valence-corrected chi connectivity index (χ1v) is 6.96. The highest BCUT2D eigenvalue weighted by atomic mass is 16.5. The minimum Gasteiger partial charge on any atom is -0.479 e. The molecular formula is C15H20N2O4. The van der Waals surface area contributed by atoms with Crippen LogP contribution in [0.15, 0.2) is 30.3 Å². The number of carbonyl (C=O) groups excluding carboxylic acids is 1. The molecule has 0 saturated carbocycles. The van der Waals surface area contributed by atoms with Gasteiger partial charge in [-0.1, -0.05) is 30.3 Å². The van der Waals surface area contributed by atoms with Gasteiger partial charge in [0.1, 0.15) is 0 Å². The number of aliphatic carboxylic acids is 1. The summed E-state index contributed by atoms with van der Waals surface area (Å²) >= 11 is 0. The highest BCUT2D eigenvalue weighted by Crippen LogP contribution is 2.15. The first kappa shape index (κ1) is 15.3. The van der Waals surface area contributed by atoms with Gasteiger partial charge in [-0.05, 0) is 19.4 Å². The van der Waals surface area contributed by atoms with Gasteiger partial charge in [0.2, 0.25) is 0 Å². The molecule has 2 N–H and O–H groups in total. The fourth-order valence-corrected chi connectivity index (χ4v) is 2.49. The van der Waals surface area contributed by atoms with Crippen LogP contribution in [0.25, 0.3) is 0 Å². The average Bonchev–Trinajstić information content (AvgIpc) is 2.44. The molecule has 2 rings (SSSR count). The second kappa shape index (κ2) is 6.58. The summed E-state index contributed by atoms with van der Waals surface area (Å²) in [6.45, 7) is 4.69. The van der Waals surface area contributed by atoms with Crippen LogP contribution in [0.2, 0.25) is 0 Å². The van der Waals surface area contributed by atoms with E-state index in [1.165, 1.54) is 0 Å². The summed E-state index contributed by atoms with van der Waals surface area (Å²) < 4.78 is 5.57.